The lowest BCUT2D eigenvalue weighted by molar-refractivity contribution is 0.187. The van der Waals surface area contributed by atoms with E-state index in [1.807, 2.05) is 20.2 Å². The number of aryl methyl sites for hydroxylation is 1. The van der Waals surface area contributed by atoms with E-state index in [4.69, 9.17) is 10.5 Å². The molecule has 0 aromatic carbocycles. The van der Waals surface area contributed by atoms with Gasteiger partial charge in [-0.2, -0.15) is 0 Å². The molecule has 1 aromatic rings. The number of hydrogen-bond acceptors (Lipinski definition) is 4. The molecule has 5 heteroatoms. The van der Waals surface area contributed by atoms with Gasteiger partial charge in [0.05, 0.1) is 12.3 Å². The Bertz CT molecular complexity index is 311. The van der Waals surface area contributed by atoms with Crippen molar-refractivity contribution < 1.29 is 4.74 Å². The third kappa shape index (κ3) is 3.50. The first-order valence-corrected chi connectivity index (χ1v) is 5.63. The van der Waals surface area contributed by atoms with E-state index < -0.39 is 0 Å². The lowest BCUT2D eigenvalue weighted by Gasteiger charge is -2.19. The molecular formula is C11H22N4O. The Morgan fingerprint density at radius 3 is 2.94 bits per heavy atom. The van der Waals surface area contributed by atoms with Crippen LogP contribution in [0.3, 0.4) is 0 Å². The number of hydrogen-bond donors (Lipinski definition) is 1. The van der Waals surface area contributed by atoms with Gasteiger partial charge in [0.15, 0.2) is 0 Å². The van der Waals surface area contributed by atoms with Crippen LogP contribution in [0.1, 0.15) is 12.1 Å². The normalized spacial score (nSPS) is 10.8. The van der Waals surface area contributed by atoms with Crippen molar-refractivity contribution in [3.05, 3.63) is 11.9 Å². The Morgan fingerprint density at radius 1 is 1.56 bits per heavy atom. The first kappa shape index (κ1) is 13.0. The molecular weight excluding hydrogens is 204 g/mol. The fourth-order valence-corrected chi connectivity index (χ4v) is 1.62. The Balaban J connectivity index is 2.68. The fourth-order valence-electron chi connectivity index (χ4n) is 1.62. The molecule has 1 rings (SSSR count). The Labute approximate surface area is 97.2 Å². The van der Waals surface area contributed by atoms with Gasteiger partial charge in [0.2, 0.25) is 5.95 Å². The zero-order valence-corrected chi connectivity index (χ0v) is 10.4. The zero-order valence-electron chi connectivity index (χ0n) is 10.4. The minimum Gasteiger partial charge on any atom is -0.383 e. The number of nitrogens with zero attached hydrogens (tertiary/aromatic N) is 3. The predicted molar refractivity (Wildman–Crippen MR) is 65.8 cm³/mol. The maximum absolute atomic E-state index is 5.50. The van der Waals surface area contributed by atoms with Crippen LogP contribution in [0.4, 0.5) is 5.95 Å². The molecule has 0 unspecified atom stereocenters. The Morgan fingerprint density at radius 2 is 2.31 bits per heavy atom. The molecule has 0 aliphatic carbocycles. The monoisotopic (exact) mass is 226 g/mol. The minimum atomic E-state index is 0.702. The second-order valence-corrected chi connectivity index (χ2v) is 3.93. The van der Waals surface area contributed by atoms with Crippen LogP contribution in [0.2, 0.25) is 0 Å². The van der Waals surface area contributed by atoms with Gasteiger partial charge in [-0.3, -0.25) is 0 Å². The van der Waals surface area contributed by atoms with Gasteiger partial charge in [-0.15, -0.1) is 0 Å². The molecule has 92 valence electrons. The summed E-state index contributed by atoms with van der Waals surface area (Å²) in [4.78, 5) is 6.64. The van der Waals surface area contributed by atoms with Gasteiger partial charge in [0.1, 0.15) is 0 Å². The van der Waals surface area contributed by atoms with Crippen LogP contribution in [0.25, 0.3) is 0 Å². The molecule has 0 bridgehead atoms. The van der Waals surface area contributed by atoms with Crippen molar-refractivity contribution >= 4 is 5.95 Å². The third-order valence-electron chi connectivity index (χ3n) is 2.45. The Hall–Kier alpha value is -1.07. The van der Waals surface area contributed by atoms with E-state index >= 15 is 0 Å². The second-order valence-electron chi connectivity index (χ2n) is 3.93. The highest BCUT2D eigenvalue weighted by atomic mass is 16.5. The lowest BCUT2D eigenvalue weighted by atomic mass is 10.4. The molecule has 0 aliphatic heterocycles. The maximum Gasteiger partial charge on any atom is 0.205 e. The number of nitrogens with two attached hydrogens (primary N) is 1. The third-order valence-corrected chi connectivity index (χ3v) is 2.45. The van der Waals surface area contributed by atoms with Crippen LogP contribution >= 0.6 is 0 Å². The van der Waals surface area contributed by atoms with Crippen LogP contribution in [0, 0.1) is 6.92 Å². The van der Waals surface area contributed by atoms with E-state index in [0.717, 1.165) is 31.2 Å². The van der Waals surface area contributed by atoms with E-state index in [2.05, 4.69) is 14.5 Å². The molecule has 0 amide bonds. The van der Waals surface area contributed by atoms with Crippen molar-refractivity contribution in [3.8, 4) is 0 Å². The number of aromatic nitrogens is 2. The summed E-state index contributed by atoms with van der Waals surface area (Å²) in [5.41, 5.74) is 6.54. The quantitative estimate of drug-likeness (QED) is 0.740. The van der Waals surface area contributed by atoms with Gasteiger partial charge >= 0.3 is 0 Å². The number of rotatable bonds is 7. The van der Waals surface area contributed by atoms with Crippen molar-refractivity contribution in [1.29, 1.82) is 0 Å². The first-order valence-electron chi connectivity index (χ1n) is 5.63. The summed E-state index contributed by atoms with van der Waals surface area (Å²) in [5.74, 6) is 0.989. The molecule has 0 fully saturated rings. The van der Waals surface area contributed by atoms with Gasteiger partial charge in [-0.25, -0.2) is 4.98 Å². The van der Waals surface area contributed by atoms with E-state index in [9.17, 15) is 0 Å². The maximum atomic E-state index is 5.50. The summed E-state index contributed by atoms with van der Waals surface area (Å²) < 4.78 is 7.20. The van der Waals surface area contributed by atoms with E-state index in [0.29, 0.717) is 13.2 Å². The van der Waals surface area contributed by atoms with Crippen molar-refractivity contribution in [3.63, 3.8) is 0 Å². The summed E-state index contributed by atoms with van der Waals surface area (Å²) >= 11 is 0. The van der Waals surface area contributed by atoms with E-state index in [-0.39, 0.29) is 0 Å². The number of methoxy groups -OCH3 is 1. The zero-order chi connectivity index (χ0) is 12.0. The lowest BCUT2D eigenvalue weighted by Crippen LogP contribution is -2.24. The SMILES string of the molecule is COCCn1cc(C)nc1N(C)CCCN. The summed E-state index contributed by atoms with van der Waals surface area (Å²) in [6.45, 7) is 5.18. The van der Waals surface area contributed by atoms with Crippen molar-refractivity contribution in [2.24, 2.45) is 5.73 Å². The fraction of sp³-hybridized carbons (Fsp3) is 0.727. The molecule has 0 saturated heterocycles. The van der Waals surface area contributed by atoms with Gasteiger partial charge in [0.25, 0.3) is 0 Å². The molecule has 16 heavy (non-hydrogen) atoms. The average molecular weight is 226 g/mol. The molecule has 1 aromatic heterocycles. The average Bonchev–Trinajstić information content (AvgIpc) is 2.64. The highest BCUT2D eigenvalue weighted by Crippen LogP contribution is 2.12. The first-order chi connectivity index (χ1) is 7.69. The topological polar surface area (TPSA) is 56.3 Å². The molecule has 1 heterocycles. The van der Waals surface area contributed by atoms with Crippen LogP contribution in [0.15, 0.2) is 6.20 Å². The van der Waals surface area contributed by atoms with Gasteiger partial charge < -0.3 is 19.9 Å². The highest BCUT2D eigenvalue weighted by Gasteiger charge is 2.09. The van der Waals surface area contributed by atoms with Crippen LogP contribution in [-0.4, -0.2) is 43.4 Å². The minimum absolute atomic E-state index is 0.702. The van der Waals surface area contributed by atoms with Crippen molar-refractivity contribution in [1.82, 2.24) is 9.55 Å². The standard InChI is InChI=1S/C11H22N4O/c1-10-9-15(7-8-16-3)11(13-10)14(2)6-4-5-12/h9H,4-8,12H2,1-3H3. The molecule has 0 radical (unpaired) electrons. The van der Waals surface area contributed by atoms with Crippen molar-refractivity contribution in [2.75, 3.05) is 38.8 Å². The molecule has 5 nitrogen and oxygen atoms in total. The summed E-state index contributed by atoms with van der Waals surface area (Å²) in [6, 6.07) is 0. The molecule has 0 saturated carbocycles. The van der Waals surface area contributed by atoms with Crippen LogP contribution < -0.4 is 10.6 Å². The highest BCUT2D eigenvalue weighted by molar-refractivity contribution is 5.31. The van der Waals surface area contributed by atoms with Gasteiger partial charge in [-0.05, 0) is 19.9 Å². The van der Waals surface area contributed by atoms with Crippen LogP contribution in [-0.2, 0) is 11.3 Å². The largest absolute Gasteiger partial charge is 0.383 e. The van der Waals surface area contributed by atoms with E-state index in [1.165, 1.54) is 0 Å². The summed E-state index contributed by atoms with van der Waals surface area (Å²) in [6.07, 6.45) is 3.03. The van der Waals surface area contributed by atoms with Crippen molar-refractivity contribution in [2.45, 2.75) is 19.9 Å². The van der Waals surface area contributed by atoms with Crippen LogP contribution in [0.5, 0.6) is 0 Å². The number of anilines is 1. The Kier molecular flexibility index (Phi) is 5.28. The van der Waals surface area contributed by atoms with Gasteiger partial charge in [-0.1, -0.05) is 0 Å². The molecule has 0 atom stereocenters. The van der Waals surface area contributed by atoms with Gasteiger partial charge in [0, 0.05) is 33.4 Å². The second kappa shape index (κ2) is 6.50. The molecule has 0 spiro atoms. The summed E-state index contributed by atoms with van der Waals surface area (Å²) in [5, 5.41) is 0. The molecule has 2 N–H and O–H groups in total. The number of imidazole rings is 1. The summed E-state index contributed by atoms with van der Waals surface area (Å²) in [7, 11) is 3.75. The number of ether oxygens (including phenoxy) is 1. The smallest absolute Gasteiger partial charge is 0.205 e. The molecule has 0 aliphatic rings. The van der Waals surface area contributed by atoms with E-state index in [1.54, 1.807) is 7.11 Å². The predicted octanol–water partition coefficient (Wildman–Crippen LogP) is 0.623.